The van der Waals surface area contributed by atoms with Gasteiger partial charge in [-0.2, -0.15) is 5.10 Å². The van der Waals surface area contributed by atoms with Crippen molar-refractivity contribution in [2.45, 2.75) is 50.2 Å². The number of carbonyl (C=O) groups is 3. The van der Waals surface area contributed by atoms with Gasteiger partial charge in [0, 0.05) is 42.3 Å². The summed E-state index contributed by atoms with van der Waals surface area (Å²) in [4.78, 5) is 38.0. The van der Waals surface area contributed by atoms with Gasteiger partial charge < -0.3 is 20.6 Å². The molecule has 4 N–H and O–H groups in total. The summed E-state index contributed by atoms with van der Waals surface area (Å²) in [6, 6.07) is 6.31. The molecule has 1 aromatic carbocycles. The maximum Gasteiger partial charge on any atom is 0.319 e. The molecule has 0 unspecified atom stereocenters. The van der Waals surface area contributed by atoms with Crippen molar-refractivity contribution < 1.29 is 19.5 Å². The highest BCUT2D eigenvalue weighted by molar-refractivity contribution is 6.06. The fraction of sp³-hybridized carbons (Fsp3) is 0.524. The van der Waals surface area contributed by atoms with E-state index in [0.717, 1.165) is 43.3 Å². The molecule has 5 rings (SSSR count). The molecule has 0 radical (unpaired) electrons. The quantitative estimate of drug-likeness (QED) is 0.552. The molecule has 2 atom stereocenters. The fourth-order valence-corrected chi connectivity index (χ4v) is 4.93. The van der Waals surface area contributed by atoms with Crippen LogP contribution in [0.5, 0.6) is 0 Å². The fourth-order valence-electron chi connectivity index (χ4n) is 4.93. The number of likely N-dealkylation sites (tertiary alicyclic amines) is 2. The highest BCUT2D eigenvalue weighted by Crippen LogP contribution is 2.31. The topological polar surface area (TPSA) is 131 Å². The third-order valence-electron chi connectivity index (χ3n) is 6.49. The SMILES string of the molecule is CN1C[C@@H]2C[C@H]1CN2C(=O)c1n[nH]c2ccc(NC(=O)NC3CCCC3)cc12.O=CO. The monoisotopic (exact) mass is 428 g/mol. The second-order valence-corrected chi connectivity index (χ2v) is 8.46. The molecule has 3 amide bonds. The molecule has 3 fully saturated rings. The number of carboxylic acid groups (broad SMARTS) is 1. The molecule has 1 aliphatic carbocycles. The van der Waals surface area contributed by atoms with Gasteiger partial charge in [-0.3, -0.25) is 19.6 Å². The zero-order valence-corrected chi connectivity index (χ0v) is 17.5. The van der Waals surface area contributed by atoms with Crippen LogP contribution in [-0.4, -0.2) is 81.8 Å². The number of rotatable bonds is 3. The first-order chi connectivity index (χ1) is 15.0. The van der Waals surface area contributed by atoms with Crippen molar-refractivity contribution in [1.82, 2.24) is 25.3 Å². The number of amides is 3. The molecular weight excluding hydrogens is 400 g/mol. The number of urea groups is 1. The van der Waals surface area contributed by atoms with Crippen LogP contribution in [0.25, 0.3) is 10.9 Å². The number of fused-ring (bicyclic) bond motifs is 3. The molecule has 1 saturated carbocycles. The van der Waals surface area contributed by atoms with E-state index < -0.39 is 0 Å². The number of nitrogens with zero attached hydrogens (tertiary/aromatic N) is 3. The van der Waals surface area contributed by atoms with Crippen LogP contribution >= 0.6 is 0 Å². The summed E-state index contributed by atoms with van der Waals surface area (Å²) in [7, 11) is 2.12. The molecule has 2 saturated heterocycles. The maximum atomic E-state index is 13.1. The molecule has 2 bridgehead atoms. The molecule has 0 spiro atoms. The number of hydrogen-bond donors (Lipinski definition) is 4. The zero-order chi connectivity index (χ0) is 22.0. The molecule has 3 aliphatic rings. The number of benzene rings is 1. The normalized spacial score (nSPS) is 22.9. The Kier molecular flexibility index (Phi) is 6.08. The minimum Gasteiger partial charge on any atom is -0.483 e. The lowest BCUT2D eigenvalue weighted by Crippen LogP contribution is -2.47. The van der Waals surface area contributed by atoms with Crippen molar-refractivity contribution in [3.8, 4) is 0 Å². The van der Waals surface area contributed by atoms with Crippen molar-refractivity contribution in [3.63, 3.8) is 0 Å². The number of H-pyrrole nitrogens is 1. The van der Waals surface area contributed by atoms with Gasteiger partial charge in [-0.05, 0) is 44.5 Å². The standard InChI is InChI=1S/C20H26N6O2.CH2O2/c1-25-10-15-9-14(25)11-26(15)19(27)18-16-8-13(6-7-17(16)23-24-18)22-20(28)21-12-4-2-3-5-12;2-1-3/h6-8,12,14-15H,2-5,9-11H2,1H3,(H,23,24)(H2,21,22,28);1H,(H,2,3)/t14-,15-;/m0./s1. The van der Waals surface area contributed by atoms with E-state index in [1.807, 2.05) is 23.1 Å². The third-order valence-corrected chi connectivity index (χ3v) is 6.49. The molecule has 3 heterocycles. The summed E-state index contributed by atoms with van der Waals surface area (Å²) in [6.07, 6.45) is 5.47. The minimum atomic E-state index is -0.250. The van der Waals surface area contributed by atoms with Crippen LogP contribution in [0.4, 0.5) is 10.5 Å². The number of carbonyl (C=O) groups excluding carboxylic acids is 2. The molecule has 31 heavy (non-hydrogen) atoms. The number of aromatic amines is 1. The van der Waals surface area contributed by atoms with Crippen LogP contribution in [0.1, 0.15) is 42.6 Å². The van der Waals surface area contributed by atoms with Crippen molar-refractivity contribution >= 4 is 35.0 Å². The van der Waals surface area contributed by atoms with Crippen molar-refractivity contribution in [3.05, 3.63) is 23.9 Å². The first-order valence-corrected chi connectivity index (χ1v) is 10.6. The Morgan fingerprint density at radius 2 is 1.97 bits per heavy atom. The van der Waals surface area contributed by atoms with E-state index >= 15 is 0 Å². The number of piperazine rings is 1. The lowest BCUT2D eigenvalue weighted by Gasteiger charge is -2.31. The van der Waals surface area contributed by atoms with Crippen LogP contribution in [0.3, 0.4) is 0 Å². The van der Waals surface area contributed by atoms with E-state index in [9.17, 15) is 9.59 Å². The number of anilines is 1. The zero-order valence-electron chi connectivity index (χ0n) is 17.5. The van der Waals surface area contributed by atoms with E-state index in [0.29, 0.717) is 17.4 Å². The highest BCUT2D eigenvalue weighted by atomic mass is 16.3. The van der Waals surface area contributed by atoms with Gasteiger partial charge in [0.2, 0.25) is 0 Å². The smallest absolute Gasteiger partial charge is 0.319 e. The first-order valence-electron chi connectivity index (χ1n) is 10.6. The van der Waals surface area contributed by atoms with Crippen LogP contribution in [0.2, 0.25) is 0 Å². The summed E-state index contributed by atoms with van der Waals surface area (Å²) in [5.74, 6) is -0.0283. The number of nitrogens with one attached hydrogen (secondary N) is 3. The van der Waals surface area contributed by atoms with Crippen molar-refractivity contribution in [2.75, 3.05) is 25.5 Å². The number of hydrogen-bond acceptors (Lipinski definition) is 5. The molecule has 1 aromatic heterocycles. The summed E-state index contributed by atoms with van der Waals surface area (Å²) < 4.78 is 0. The second kappa shape index (κ2) is 8.93. The van der Waals surface area contributed by atoms with Gasteiger partial charge in [-0.15, -0.1) is 0 Å². The van der Waals surface area contributed by atoms with E-state index in [4.69, 9.17) is 9.90 Å². The predicted octanol–water partition coefficient (Wildman–Crippen LogP) is 1.86. The molecule has 2 aliphatic heterocycles. The average molecular weight is 428 g/mol. The van der Waals surface area contributed by atoms with Gasteiger partial charge in [0.05, 0.1) is 5.52 Å². The van der Waals surface area contributed by atoms with Gasteiger partial charge in [0.25, 0.3) is 12.4 Å². The minimum absolute atomic E-state index is 0.0283. The highest BCUT2D eigenvalue weighted by Gasteiger charge is 2.44. The Balaban J connectivity index is 0.000000730. The predicted molar refractivity (Wildman–Crippen MR) is 115 cm³/mol. The van der Waals surface area contributed by atoms with Crippen LogP contribution in [-0.2, 0) is 4.79 Å². The van der Waals surface area contributed by atoms with Crippen LogP contribution < -0.4 is 10.6 Å². The Labute approximate surface area is 180 Å². The van der Waals surface area contributed by atoms with Crippen molar-refractivity contribution in [1.29, 1.82) is 0 Å². The lowest BCUT2D eigenvalue weighted by atomic mass is 10.1. The molecule has 2 aromatic rings. The Morgan fingerprint density at radius 1 is 1.23 bits per heavy atom. The molecule has 10 nitrogen and oxygen atoms in total. The van der Waals surface area contributed by atoms with E-state index in [1.165, 1.54) is 12.8 Å². The Morgan fingerprint density at radius 3 is 2.61 bits per heavy atom. The largest absolute Gasteiger partial charge is 0.483 e. The van der Waals surface area contributed by atoms with Gasteiger partial charge in [-0.25, -0.2) is 4.79 Å². The molecule has 10 heteroatoms. The van der Waals surface area contributed by atoms with Gasteiger partial charge in [-0.1, -0.05) is 12.8 Å². The summed E-state index contributed by atoms with van der Waals surface area (Å²) in [6.45, 7) is 1.43. The van der Waals surface area contributed by atoms with E-state index in [-0.39, 0.29) is 30.5 Å². The van der Waals surface area contributed by atoms with E-state index in [1.54, 1.807) is 0 Å². The molecule has 166 valence electrons. The Hall–Kier alpha value is -3.14. The van der Waals surface area contributed by atoms with E-state index in [2.05, 4.69) is 32.8 Å². The number of likely N-dealkylation sites (N-methyl/N-ethyl adjacent to an activating group) is 1. The lowest BCUT2D eigenvalue weighted by molar-refractivity contribution is -0.122. The third kappa shape index (κ3) is 4.34. The van der Waals surface area contributed by atoms with Gasteiger partial charge >= 0.3 is 6.03 Å². The van der Waals surface area contributed by atoms with Gasteiger partial charge in [0.15, 0.2) is 5.69 Å². The second-order valence-electron chi connectivity index (χ2n) is 8.46. The van der Waals surface area contributed by atoms with Gasteiger partial charge in [0.1, 0.15) is 0 Å². The number of aromatic nitrogens is 2. The first kappa shape index (κ1) is 21.1. The maximum absolute atomic E-state index is 13.1. The average Bonchev–Trinajstić information content (AvgIpc) is 3.52. The van der Waals surface area contributed by atoms with Crippen LogP contribution in [0, 0.1) is 0 Å². The molecular formula is C21H28N6O4. The summed E-state index contributed by atoms with van der Waals surface area (Å²) in [5.41, 5.74) is 1.90. The Bertz CT molecular complexity index is 968. The van der Waals surface area contributed by atoms with Crippen LogP contribution in [0.15, 0.2) is 18.2 Å². The van der Waals surface area contributed by atoms with Crippen molar-refractivity contribution in [2.24, 2.45) is 0 Å². The summed E-state index contributed by atoms with van der Waals surface area (Å²) in [5, 5.41) is 20.8. The summed E-state index contributed by atoms with van der Waals surface area (Å²) >= 11 is 0.